The molecule has 0 aromatic heterocycles. The van der Waals surface area contributed by atoms with Gasteiger partial charge in [0.15, 0.2) is 0 Å². The summed E-state index contributed by atoms with van der Waals surface area (Å²) in [6.45, 7) is 16.6. The summed E-state index contributed by atoms with van der Waals surface area (Å²) in [6.07, 6.45) is 12.7. The van der Waals surface area contributed by atoms with Gasteiger partial charge in [0.2, 0.25) is 0 Å². The SMILES string of the molecule is CC(C)N1CC2CCC(CC(C)N3CC4CCC(CC(C)N5C6CCC5COC6)(C4)C3)(C1)O2. The Morgan fingerprint density at radius 1 is 0.818 bits per heavy atom. The number of rotatable bonds is 7. The molecule has 6 aliphatic rings. The van der Waals surface area contributed by atoms with Crippen molar-refractivity contribution in [2.45, 2.75) is 127 Å². The first-order chi connectivity index (χ1) is 15.8. The zero-order chi connectivity index (χ0) is 22.8. The van der Waals surface area contributed by atoms with Crippen LogP contribution in [0.2, 0.25) is 0 Å². The summed E-state index contributed by atoms with van der Waals surface area (Å²) in [4.78, 5) is 8.47. The number of piperidine rings is 1. The monoisotopic (exact) mass is 459 g/mol. The zero-order valence-electron chi connectivity index (χ0n) is 21.8. The van der Waals surface area contributed by atoms with Crippen LogP contribution in [-0.4, -0.2) is 96.0 Å². The molecule has 0 spiro atoms. The molecule has 1 saturated carbocycles. The van der Waals surface area contributed by atoms with Gasteiger partial charge in [0.25, 0.3) is 0 Å². The average Bonchev–Trinajstić information content (AvgIpc) is 3.34. The van der Waals surface area contributed by atoms with Gasteiger partial charge in [-0.2, -0.15) is 0 Å². The van der Waals surface area contributed by atoms with Crippen molar-refractivity contribution in [3.8, 4) is 0 Å². The van der Waals surface area contributed by atoms with E-state index in [1.54, 1.807) is 0 Å². The molecule has 6 fully saturated rings. The first-order valence-electron chi connectivity index (χ1n) is 14.3. The molecule has 6 bridgehead atoms. The molecule has 8 unspecified atom stereocenters. The van der Waals surface area contributed by atoms with E-state index in [0.29, 0.717) is 41.7 Å². The van der Waals surface area contributed by atoms with E-state index >= 15 is 0 Å². The summed E-state index contributed by atoms with van der Waals surface area (Å²) >= 11 is 0. The molecule has 1 aliphatic carbocycles. The zero-order valence-corrected chi connectivity index (χ0v) is 21.8. The lowest BCUT2D eigenvalue weighted by Crippen LogP contribution is -2.57. The van der Waals surface area contributed by atoms with Gasteiger partial charge in [0.1, 0.15) is 0 Å². The predicted molar refractivity (Wildman–Crippen MR) is 133 cm³/mol. The van der Waals surface area contributed by atoms with Crippen LogP contribution in [0.5, 0.6) is 0 Å². The minimum atomic E-state index is 0.108. The van der Waals surface area contributed by atoms with Gasteiger partial charge in [-0.25, -0.2) is 0 Å². The van der Waals surface area contributed by atoms with E-state index in [1.165, 1.54) is 70.9 Å². The summed E-state index contributed by atoms with van der Waals surface area (Å²) in [7, 11) is 0. The van der Waals surface area contributed by atoms with Crippen molar-refractivity contribution < 1.29 is 9.47 Å². The normalized spacial score (nSPS) is 45.7. The van der Waals surface area contributed by atoms with Crippen molar-refractivity contribution in [3.63, 3.8) is 0 Å². The molecular weight excluding hydrogens is 410 g/mol. The van der Waals surface area contributed by atoms with Crippen molar-refractivity contribution in [2.24, 2.45) is 11.3 Å². The van der Waals surface area contributed by atoms with Gasteiger partial charge in [-0.15, -0.1) is 0 Å². The van der Waals surface area contributed by atoms with E-state index in [0.717, 1.165) is 32.2 Å². The smallest absolute Gasteiger partial charge is 0.0829 e. The largest absolute Gasteiger partial charge is 0.378 e. The van der Waals surface area contributed by atoms with E-state index in [9.17, 15) is 0 Å². The quantitative estimate of drug-likeness (QED) is 0.570. The van der Waals surface area contributed by atoms with Gasteiger partial charge in [-0.3, -0.25) is 14.7 Å². The van der Waals surface area contributed by atoms with Gasteiger partial charge in [0.05, 0.1) is 24.9 Å². The highest BCUT2D eigenvalue weighted by atomic mass is 16.5. The van der Waals surface area contributed by atoms with Crippen LogP contribution >= 0.6 is 0 Å². The fraction of sp³-hybridized carbons (Fsp3) is 1.00. The van der Waals surface area contributed by atoms with Crippen LogP contribution in [-0.2, 0) is 9.47 Å². The molecule has 5 aliphatic heterocycles. The second kappa shape index (κ2) is 8.73. The van der Waals surface area contributed by atoms with Crippen molar-refractivity contribution in [1.82, 2.24) is 14.7 Å². The molecule has 0 aromatic carbocycles. The lowest BCUT2D eigenvalue weighted by Gasteiger charge is -2.49. The second-order valence-corrected chi connectivity index (χ2v) is 13.5. The highest BCUT2D eigenvalue weighted by Crippen LogP contribution is 2.51. The molecule has 33 heavy (non-hydrogen) atoms. The van der Waals surface area contributed by atoms with Crippen LogP contribution < -0.4 is 0 Å². The van der Waals surface area contributed by atoms with Gasteiger partial charge >= 0.3 is 0 Å². The fourth-order valence-electron chi connectivity index (χ4n) is 9.26. The maximum Gasteiger partial charge on any atom is 0.0829 e. The lowest BCUT2D eigenvalue weighted by atomic mass is 9.75. The summed E-state index contributed by atoms with van der Waals surface area (Å²) in [6, 6.07) is 3.34. The molecule has 8 atom stereocenters. The maximum atomic E-state index is 6.71. The number of fused-ring (bicyclic) bond motifs is 6. The van der Waals surface area contributed by atoms with Gasteiger partial charge < -0.3 is 9.47 Å². The van der Waals surface area contributed by atoms with E-state index in [4.69, 9.17) is 9.47 Å². The molecule has 5 saturated heterocycles. The summed E-state index contributed by atoms with van der Waals surface area (Å²) in [5.74, 6) is 0.920. The second-order valence-electron chi connectivity index (χ2n) is 13.5. The lowest BCUT2D eigenvalue weighted by molar-refractivity contribution is -0.130. The van der Waals surface area contributed by atoms with Crippen molar-refractivity contribution in [1.29, 1.82) is 0 Å². The standard InChI is InChI=1S/C28H49N3O2/c1-20(2)29-15-26-8-10-28(19-29,33-26)12-21(3)30-14-23-7-9-27(13-23,18-30)11-22(4)31-24-5-6-25(31)17-32-16-24/h20-26H,5-19H2,1-4H3. The number of hydrogen-bond acceptors (Lipinski definition) is 5. The minimum absolute atomic E-state index is 0.108. The molecule has 0 amide bonds. The number of morpholine rings is 2. The van der Waals surface area contributed by atoms with Crippen molar-refractivity contribution in [3.05, 3.63) is 0 Å². The summed E-state index contributed by atoms with van der Waals surface area (Å²) in [5, 5.41) is 0. The summed E-state index contributed by atoms with van der Waals surface area (Å²) < 4.78 is 12.6. The van der Waals surface area contributed by atoms with E-state index in [-0.39, 0.29) is 5.60 Å². The van der Waals surface area contributed by atoms with Crippen LogP contribution in [0.3, 0.4) is 0 Å². The third-order valence-electron chi connectivity index (χ3n) is 10.7. The Morgan fingerprint density at radius 2 is 1.61 bits per heavy atom. The Bertz CT molecular complexity index is 701. The fourth-order valence-corrected chi connectivity index (χ4v) is 9.26. The van der Waals surface area contributed by atoms with Crippen LogP contribution in [0.1, 0.15) is 85.5 Å². The van der Waals surface area contributed by atoms with E-state index < -0.39 is 0 Å². The molecule has 5 heterocycles. The molecular formula is C28H49N3O2. The minimum Gasteiger partial charge on any atom is -0.378 e. The third kappa shape index (κ3) is 4.33. The molecule has 5 nitrogen and oxygen atoms in total. The molecule has 0 N–H and O–H groups in total. The Balaban J connectivity index is 1.12. The molecule has 0 radical (unpaired) electrons. The van der Waals surface area contributed by atoms with Gasteiger partial charge in [-0.05, 0) is 96.8 Å². The number of likely N-dealkylation sites (tertiary alicyclic amines) is 2. The van der Waals surface area contributed by atoms with E-state index in [2.05, 4.69) is 42.4 Å². The van der Waals surface area contributed by atoms with Gasteiger partial charge in [-0.1, -0.05) is 0 Å². The topological polar surface area (TPSA) is 28.2 Å². The Hall–Kier alpha value is -0.200. The number of hydrogen-bond donors (Lipinski definition) is 0. The van der Waals surface area contributed by atoms with Crippen LogP contribution in [0, 0.1) is 11.3 Å². The first-order valence-corrected chi connectivity index (χ1v) is 14.3. The van der Waals surface area contributed by atoms with Crippen LogP contribution in [0.15, 0.2) is 0 Å². The molecule has 0 aromatic rings. The predicted octanol–water partition coefficient (Wildman–Crippen LogP) is 4.15. The van der Waals surface area contributed by atoms with Gasteiger partial charge in [0, 0.05) is 56.4 Å². The molecule has 6 rings (SSSR count). The Labute approximate surface area is 202 Å². The number of nitrogens with zero attached hydrogens (tertiary/aromatic N) is 3. The summed E-state index contributed by atoms with van der Waals surface area (Å²) in [5.41, 5.74) is 0.651. The van der Waals surface area contributed by atoms with E-state index in [1.807, 2.05) is 0 Å². The Morgan fingerprint density at radius 3 is 2.36 bits per heavy atom. The van der Waals surface area contributed by atoms with Crippen LogP contribution in [0.4, 0.5) is 0 Å². The third-order valence-corrected chi connectivity index (χ3v) is 10.7. The highest BCUT2D eigenvalue weighted by Gasteiger charge is 2.51. The molecule has 5 heteroatoms. The van der Waals surface area contributed by atoms with Crippen LogP contribution in [0.25, 0.3) is 0 Å². The molecule has 188 valence electrons. The first kappa shape index (κ1) is 23.2. The van der Waals surface area contributed by atoms with Crippen molar-refractivity contribution >= 4 is 0 Å². The number of ether oxygens (including phenoxy) is 2. The highest BCUT2D eigenvalue weighted by molar-refractivity contribution is 5.04. The maximum absolute atomic E-state index is 6.71. The Kier molecular flexibility index (Phi) is 6.14. The van der Waals surface area contributed by atoms with Crippen molar-refractivity contribution in [2.75, 3.05) is 39.4 Å². The average molecular weight is 460 g/mol.